The summed E-state index contributed by atoms with van der Waals surface area (Å²) in [6.07, 6.45) is 0.713. The van der Waals surface area contributed by atoms with Crippen molar-refractivity contribution in [1.29, 1.82) is 0 Å². The molecule has 14 heavy (non-hydrogen) atoms. The Morgan fingerprint density at radius 2 is 2.43 bits per heavy atom. The predicted octanol–water partition coefficient (Wildman–Crippen LogP) is 1.22. The number of carbonyl (C=O) groups is 1. The van der Waals surface area contributed by atoms with Crippen LogP contribution in [-0.2, 0) is 4.74 Å². The molecule has 2 atom stereocenters. The van der Waals surface area contributed by atoms with Gasteiger partial charge in [-0.25, -0.2) is 4.79 Å². The minimum atomic E-state index is -0.173. The molecule has 4 nitrogen and oxygen atoms in total. The monoisotopic (exact) mass is 200 g/mol. The number of ether oxygens (including phenoxy) is 1. The summed E-state index contributed by atoms with van der Waals surface area (Å²) in [6.45, 7) is 8.43. The number of piperazine rings is 1. The molecule has 0 aromatic rings. The van der Waals surface area contributed by atoms with Crippen LogP contribution in [0.3, 0.4) is 0 Å². The topological polar surface area (TPSA) is 41.6 Å². The Kier molecular flexibility index (Phi) is 4.20. The van der Waals surface area contributed by atoms with Crippen molar-refractivity contribution in [2.75, 3.05) is 19.6 Å². The Morgan fingerprint density at radius 3 is 3.00 bits per heavy atom. The van der Waals surface area contributed by atoms with Crippen LogP contribution in [0.25, 0.3) is 0 Å². The molecule has 0 saturated carbocycles. The van der Waals surface area contributed by atoms with Gasteiger partial charge in [-0.3, -0.25) is 0 Å². The zero-order valence-corrected chi connectivity index (χ0v) is 9.25. The third-order valence-corrected chi connectivity index (χ3v) is 2.61. The van der Waals surface area contributed by atoms with Gasteiger partial charge in [0.15, 0.2) is 0 Å². The molecule has 0 aromatic carbocycles. The van der Waals surface area contributed by atoms with Crippen molar-refractivity contribution in [2.24, 2.45) is 0 Å². The van der Waals surface area contributed by atoms with E-state index in [4.69, 9.17) is 4.74 Å². The summed E-state index contributed by atoms with van der Waals surface area (Å²) >= 11 is 0. The lowest BCUT2D eigenvalue weighted by atomic mass is 10.2. The minimum Gasteiger partial charge on any atom is -0.446 e. The third-order valence-electron chi connectivity index (χ3n) is 2.61. The smallest absolute Gasteiger partial charge is 0.410 e. The summed E-state index contributed by atoms with van der Waals surface area (Å²) in [7, 11) is 0. The van der Waals surface area contributed by atoms with Gasteiger partial charge in [0.05, 0.1) is 0 Å². The molecular weight excluding hydrogens is 180 g/mol. The van der Waals surface area contributed by atoms with Crippen LogP contribution in [0.1, 0.15) is 27.2 Å². The highest BCUT2D eigenvalue weighted by molar-refractivity contribution is 5.68. The zero-order chi connectivity index (χ0) is 10.6. The maximum atomic E-state index is 11.7. The number of nitrogens with zero attached hydrogens (tertiary/aromatic N) is 1. The molecule has 1 rings (SSSR count). The predicted molar refractivity (Wildman–Crippen MR) is 55.3 cm³/mol. The summed E-state index contributed by atoms with van der Waals surface area (Å²) in [6, 6.07) is 0.236. The van der Waals surface area contributed by atoms with Crippen LogP contribution >= 0.6 is 0 Å². The summed E-state index contributed by atoms with van der Waals surface area (Å²) in [5.41, 5.74) is 0. The summed E-state index contributed by atoms with van der Waals surface area (Å²) < 4.78 is 5.27. The molecule has 0 bridgehead atoms. The first-order valence-electron chi connectivity index (χ1n) is 5.33. The average molecular weight is 200 g/mol. The van der Waals surface area contributed by atoms with Gasteiger partial charge in [0.25, 0.3) is 0 Å². The fourth-order valence-electron chi connectivity index (χ4n) is 1.44. The fourth-order valence-corrected chi connectivity index (χ4v) is 1.44. The Labute approximate surface area is 85.6 Å². The van der Waals surface area contributed by atoms with E-state index in [1.807, 2.05) is 20.8 Å². The van der Waals surface area contributed by atoms with Gasteiger partial charge >= 0.3 is 6.09 Å². The van der Waals surface area contributed by atoms with Gasteiger partial charge in [0, 0.05) is 25.7 Å². The molecular formula is C10H20N2O2. The van der Waals surface area contributed by atoms with Crippen molar-refractivity contribution in [3.05, 3.63) is 0 Å². The SMILES string of the molecule is CCC(C)OC(=O)N1CCNC[C@@H]1C. The molecule has 0 aliphatic carbocycles. The minimum absolute atomic E-state index is 0.0181. The van der Waals surface area contributed by atoms with Crippen molar-refractivity contribution in [3.63, 3.8) is 0 Å². The first-order valence-corrected chi connectivity index (χ1v) is 5.33. The Balaban J connectivity index is 2.42. The van der Waals surface area contributed by atoms with Crippen LogP contribution in [0.2, 0.25) is 0 Å². The van der Waals surface area contributed by atoms with Gasteiger partial charge in [-0.15, -0.1) is 0 Å². The maximum absolute atomic E-state index is 11.7. The van der Waals surface area contributed by atoms with Crippen molar-refractivity contribution >= 4 is 6.09 Å². The molecule has 1 saturated heterocycles. The van der Waals surface area contributed by atoms with Gasteiger partial charge in [0.1, 0.15) is 6.10 Å². The first-order chi connectivity index (χ1) is 6.65. The van der Waals surface area contributed by atoms with E-state index in [2.05, 4.69) is 5.32 Å². The largest absolute Gasteiger partial charge is 0.446 e. The lowest BCUT2D eigenvalue weighted by molar-refractivity contribution is 0.0525. The quantitative estimate of drug-likeness (QED) is 0.728. The molecule has 1 heterocycles. The number of carbonyl (C=O) groups excluding carboxylic acids is 1. The van der Waals surface area contributed by atoms with Gasteiger partial charge < -0.3 is 15.0 Å². The Morgan fingerprint density at radius 1 is 1.71 bits per heavy atom. The number of hydrogen-bond donors (Lipinski definition) is 1. The number of amides is 1. The van der Waals surface area contributed by atoms with E-state index in [1.54, 1.807) is 4.90 Å². The Bertz CT molecular complexity index is 197. The summed E-state index contributed by atoms with van der Waals surface area (Å²) in [5, 5.41) is 3.24. The van der Waals surface area contributed by atoms with Crippen LogP contribution in [-0.4, -0.2) is 42.8 Å². The molecule has 1 aliphatic rings. The fraction of sp³-hybridized carbons (Fsp3) is 0.900. The molecule has 1 fully saturated rings. The van der Waals surface area contributed by atoms with E-state index in [-0.39, 0.29) is 18.2 Å². The van der Waals surface area contributed by atoms with Gasteiger partial charge in [-0.05, 0) is 20.3 Å². The van der Waals surface area contributed by atoms with E-state index in [1.165, 1.54) is 0 Å². The number of rotatable bonds is 2. The van der Waals surface area contributed by atoms with Crippen molar-refractivity contribution < 1.29 is 9.53 Å². The Hall–Kier alpha value is -0.770. The lowest BCUT2D eigenvalue weighted by Gasteiger charge is -2.33. The first kappa shape index (κ1) is 11.3. The normalized spacial score (nSPS) is 24.5. The average Bonchev–Trinajstić information content (AvgIpc) is 2.18. The van der Waals surface area contributed by atoms with Crippen molar-refractivity contribution in [3.8, 4) is 0 Å². The van der Waals surface area contributed by atoms with Crippen LogP contribution < -0.4 is 5.32 Å². The standard InChI is InChI=1S/C10H20N2O2/c1-4-9(3)14-10(13)12-6-5-11-7-8(12)2/h8-9,11H,4-7H2,1-3H3/t8-,9?/m0/s1. The van der Waals surface area contributed by atoms with Crippen LogP contribution in [0.4, 0.5) is 4.79 Å². The van der Waals surface area contributed by atoms with E-state index < -0.39 is 0 Å². The van der Waals surface area contributed by atoms with Crippen LogP contribution in [0, 0.1) is 0 Å². The lowest BCUT2D eigenvalue weighted by Crippen LogP contribution is -2.52. The molecule has 82 valence electrons. The highest BCUT2D eigenvalue weighted by atomic mass is 16.6. The molecule has 0 spiro atoms. The molecule has 1 unspecified atom stereocenters. The second kappa shape index (κ2) is 5.20. The van der Waals surface area contributed by atoms with Crippen molar-refractivity contribution in [1.82, 2.24) is 10.2 Å². The van der Waals surface area contributed by atoms with E-state index in [0.29, 0.717) is 0 Å². The summed E-state index contributed by atoms with van der Waals surface area (Å²) in [4.78, 5) is 13.4. The zero-order valence-electron chi connectivity index (χ0n) is 9.25. The molecule has 1 amide bonds. The molecule has 0 radical (unpaired) electrons. The van der Waals surface area contributed by atoms with Crippen LogP contribution in [0.15, 0.2) is 0 Å². The van der Waals surface area contributed by atoms with Crippen LogP contribution in [0.5, 0.6) is 0 Å². The summed E-state index contributed by atoms with van der Waals surface area (Å²) in [5.74, 6) is 0. The van der Waals surface area contributed by atoms with Gasteiger partial charge in [-0.1, -0.05) is 6.92 Å². The van der Waals surface area contributed by atoms with E-state index in [0.717, 1.165) is 26.1 Å². The number of hydrogen-bond acceptors (Lipinski definition) is 3. The second-order valence-corrected chi connectivity index (χ2v) is 3.85. The highest BCUT2D eigenvalue weighted by Crippen LogP contribution is 2.07. The molecule has 1 N–H and O–H groups in total. The molecule has 1 aliphatic heterocycles. The third kappa shape index (κ3) is 2.87. The van der Waals surface area contributed by atoms with E-state index >= 15 is 0 Å². The number of nitrogens with one attached hydrogen (secondary N) is 1. The van der Waals surface area contributed by atoms with Gasteiger partial charge in [0.2, 0.25) is 0 Å². The highest BCUT2D eigenvalue weighted by Gasteiger charge is 2.24. The van der Waals surface area contributed by atoms with Gasteiger partial charge in [-0.2, -0.15) is 0 Å². The second-order valence-electron chi connectivity index (χ2n) is 3.85. The molecule has 4 heteroatoms. The van der Waals surface area contributed by atoms with E-state index in [9.17, 15) is 4.79 Å². The van der Waals surface area contributed by atoms with Crippen molar-refractivity contribution in [2.45, 2.75) is 39.3 Å². The maximum Gasteiger partial charge on any atom is 0.410 e. The molecule has 0 aromatic heterocycles.